The molecule has 2 aromatic heterocycles. The van der Waals surface area contributed by atoms with Crippen LogP contribution in [0.4, 0.5) is 10.1 Å². The topological polar surface area (TPSA) is 68.5 Å². The molecule has 0 aliphatic carbocycles. The molecule has 0 atom stereocenters. The zero-order valence-corrected chi connectivity index (χ0v) is 19.1. The van der Waals surface area contributed by atoms with E-state index in [1.54, 1.807) is 18.3 Å². The number of ether oxygens (including phenoxy) is 1. The second-order valence-corrected chi connectivity index (χ2v) is 9.37. The maximum Gasteiger partial charge on any atom is 0.237 e. The zero-order valence-electron chi connectivity index (χ0n) is 15.9. The van der Waals surface area contributed by atoms with Crippen molar-refractivity contribution in [3.05, 3.63) is 82.0 Å². The van der Waals surface area contributed by atoms with Crippen LogP contribution in [0.1, 0.15) is 5.56 Å². The van der Waals surface area contributed by atoms with E-state index < -0.39 is 5.82 Å². The number of nitrogens with two attached hydrogens (primary N) is 1. The molecule has 4 rings (SSSR count). The monoisotopic (exact) mass is 515 g/mol. The summed E-state index contributed by atoms with van der Waals surface area (Å²) in [5.74, 6) is -0.504. The summed E-state index contributed by atoms with van der Waals surface area (Å²) in [5, 5.41) is -0.159. The van der Waals surface area contributed by atoms with Crippen molar-refractivity contribution in [2.75, 3.05) is 4.90 Å². The third kappa shape index (κ3) is 4.73. The summed E-state index contributed by atoms with van der Waals surface area (Å²) in [6.45, 7) is 0. The summed E-state index contributed by atoms with van der Waals surface area (Å²) in [4.78, 5) is 18.2. The number of anilines is 1. The van der Waals surface area contributed by atoms with Gasteiger partial charge in [-0.2, -0.15) is 0 Å². The van der Waals surface area contributed by atoms with E-state index in [2.05, 4.69) is 20.9 Å². The van der Waals surface area contributed by atoms with E-state index in [4.69, 9.17) is 22.7 Å². The molecule has 2 heterocycles. The Hall–Kier alpha value is -2.88. The number of rotatable bonds is 5. The van der Waals surface area contributed by atoms with E-state index in [-0.39, 0.29) is 28.9 Å². The average molecular weight is 516 g/mol. The van der Waals surface area contributed by atoms with Gasteiger partial charge in [-0.25, -0.2) is 4.39 Å². The van der Waals surface area contributed by atoms with Gasteiger partial charge in [0.25, 0.3) is 0 Å². The van der Waals surface area contributed by atoms with Crippen molar-refractivity contribution in [3.8, 4) is 11.5 Å². The van der Waals surface area contributed by atoms with E-state index in [1.165, 1.54) is 23.5 Å². The van der Waals surface area contributed by atoms with Crippen LogP contribution in [0.3, 0.4) is 0 Å². The van der Waals surface area contributed by atoms with E-state index >= 15 is 0 Å². The second kappa shape index (κ2) is 9.09. The minimum absolute atomic E-state index is 0.0131. The number of thiophene rings is 1. The van der Waals surface area contributed by atoms with Crippen LogP contribution in [-0.4, -0.2) is 16.0 Å². The lowest BCUT2D eigenvalue weighted by Gasteiger charge is -2.21. The van der Waals surface area contributed by atoms with Gasteiger partial charge in [-0.1, -0.05) is 30.3 Å². The zero-order chi connectivity index (χ0) is 22.0. The number of carbonyl (C=O) groups is 1. The van der Waals surface area contributed by atoms with Crippen LogP contribution in [0.25, 0.3) is 10.2 Å². The predicted molar refractivity (Wildman–Crippen MR) is 128 cm³/mol. The molecule has 31 heavy (non-hydrogen) atoms. The molecule has 2 aromatic carbocycles. The fraction of sp³-hybridized carbons (Fsp3) is 0.0455. The maximum atomic E-state index is 14.9. The van der Waals surface area contributed by atoms with Gasteiger partial charge in [-0.3, -0.25) is 14.7 Å². The van der Waals surface area contributed by atoms with Gasteiger partial charge in [-0.15, -0.1) is 11.3 Å². The van der Waals surface area contributed by atoms with Crippen molar-refractivity contribution in [2.24, 2.45) is 5.73 Å². The van der Waals surface area contributed by atoms with Gasteiger partial charge in [0.15, 0.2) is 16.7 Å². The molecule has 1 amide bonds. The van der Waals surface area contributed by atoms with E-state index in [1.807, 2.05) is 36.4 Å². The fourth-order valence-electron chi connectivity index (χ4n) is 3.04. The Kier molecular flexibility index (Phi) is 6.26. The van der Waals surface area contributed by atoms with Crippen molar-refractivity contribution in [2.45, 2.75) is 6.42 Å². The van der Waals surface area contributed by atoms with Crippen LogP contribution in [0.2, 0.25) is 0 Å². The minimum atomic E-state index is -0.646. The van der Waals surface area contributed by atoms with Crippen molar-refractivity contribution in [3.63, 3.8) is 0 Å². The maximum absolute atomic E-state index is 14.9. The molecule has 0 radical (unpaired) electrons. The molecule has 0 bridgehead atoms. The third-order valence-electron chi connectivity index (χ3n) is 4.41. The molecule has 4 aromatic rings. The number of thiocarbonyl (C=S) groups is 1. The van der Waals surface area contributed by atoms with Gasteiger partial charge in [0, 0.05) is 18.3 Å². The lowest BCUT2D eigenvalue weighted by molar-refractivity contribution is -0.117. The molecule has 0 aliphatic rings. The van der Waals surface area contributed by atoms with Crippen LogP contribution in [0.5, 0.6) is 11.5 Å². The lowest BCUT2D eigenvalue weighted by Crippen LogP contribution is -2.41. The number of hydrogen-bond acceptors (Lipinski definition) is 5. The predicted octanol–water partition coefficient (Wildman–Crippen LogP) is 5.81. The summed E-state index contributed by atoms with van der Waals surface area (Å²) >= 11 is 9.91. The van der Waals surface area contributed by atoms with Crippen LogP contribution >= 0.6 is 39.5 Å². The molecule has 9 heteroatoms. The number of nitrogens with zero attached hydrogens (tertiary/aromatic N) is 2. The summed E-state index contributed by atoms with van der Waals surface area (Å²) in [5.41, 5.74) is 7.56. The average Bonchev–Trinajstić information content (AvgIpc) is 3.11. The highest BCUT2D eigenvalue weighted by molar-refractivity contribution is 9.11. The highest BCUT2D eigenvalue weighted by Crippen LogP contribution is 2.38. The number of hydrogen-bond donors (Lipinski definition) is 1. The number of pyridine rings is 1. The number of amides is 1. The summed E-state index contributed by atoms with van der Waals surface area (Å²) in [6, 6.07) is 16.9. The fourth-order valence-corrected chi connectivity index (χ4v) is 4.74. The first kappa shape index (κ1) is 21.4. The minimum Gasteiger partial charge on any atom is -0.453 e. The molecule has 0 spiro atoms. The molecule has 0 unspecified atom stereocenters. The van der Waals surface area contributed by atoms with Crippen molar-refractivity contribution >= 4 is 66.4 Å². The Labute approximate surface area is 195 Å². The first-order chi connectivity index (χ1) is 14.9. The van der Waals surface area contributed by atoms with Gasteiger partial charge < -0.3 is 10.5 Å². The number of benzene rings is 2. The third-order valence-corrected chi connectivity index (χ3v) is 6.23. The molecule has 0 fully saturated rings. The molecule has 5 nitrogen and oxygen atoms in total. The van der Waals surface area contributed by atoms with Crippen molar-refractivity contribution < 1.29 is 13.9 Å². The summed E-state index contributed by atoms with van der Waals surface area (Å²) in [7, 11) is 0. The Morgan fingerprint density at radius 1 is 1.16 bits per heavy atom. The van der Waals surface area contributed by atoms with E-state index in [0.29, 0.717) is 5.75 Å². The first-order valence-corrected chi connectivity index (χ1v) is 11.1. The first-order valence-electron chi connectivity index (χ1n) is 9.10. The van der Waals surface area contributed by atoms with Crippen LogP contribution in [0, 0.1) is 5.82 Å². The molecule has 0 saturated heterocycles. The smallest absolute Gasteiger partial charge is 0.237 e. The van der Waals surface area contributed by atoms with E-state index in [9.17, 15) is 9.18 Å². The number of fused-ring (bicyclic) bond motifs is 1. The van der Waals surface area contributed by atoms with Crippen molar-refractivity contribution in [1.82, 2.24) is 4.98 Å². The molecular formula is C22H15BrFN3O2S2. The highest BCUT2D eigenvalue weighted by Gasteiger charge is 2.21. The Morgan fingerprint density at radius 2 is 1.94 bits per heavy atom. The van der Waals surface area contributed by atoms with Crippen LogP contribution in [0.15, 0.2) is 70.6 Å². The SMILES string of the molecule is NC(=S)N(C(=O)Cc1ccccc1)c1ccc(Oc2ccnc3cc(Br)sc23)c(F)c1. The largest absolute Gasteiger partial charge is 0.453 e. The quantitative estimate of drug-likeness (QED) is 0.339. The lowest BCUT2D eigenvalue weighted by atomic mass is 10.1. The van der Waals surface area contributed by atoms with Gasteiger partial charge in [-0.05, 0) is 51.9 Å². The van der Waals surface area contributed by atoms with Gasteiger partial charge in [0.1, 0.15) is 5.75 Å². The number of halogens is 2. The highest BCUT2D eigenvalue weighted by atomic mass is 79.9. The van der Waals surface area contributed by atoms with Gasteiger partial charge >= 0.3 is 0 Å². The molecular weight excluding hydrogens is 501 g/mol. The Morgan fingerprint density at radius 3 is 2.65 bits per heavy atom. The Bertz CT molecular complexity index is 1280. The molecule has 0 saturated carbocycles. The summed E-state index contributed by atoms with van der Waals surface area (Å²) < 4.78 is 22.4. The van der Waals surface area contributed by atoms with Gasteiger partial charge in [0.05, 0.1) is 26.1 Å². The van der Waals surface area contributed by atoms with E-state index in [0.717, 1.165) is 24.5 Å². The normalized spacial score (nSPS) is 10.8. The van der Waals surface area contributed by atoms with Crippen LogP contribution < -0.4 is 15.4 Å². The Balaban J connectivity index is 1.60. The van der Waals surface area contributed by atoms with Crippen LogP contribution in [-0.2, 0) is 11.2 Å². The summed E-state index contributed by atoms with van der Waals surface area (Å²) in [6.07, 6.45) is 1.68. The van der Waals surface area contributed by atoms with Gasteiger partial charge in [0.2, 0.25) is 5.91 Å². The standard InChI is InChI=1S/C22H15BrFN3O2S2/c23-19-12-16-21(31-19)18(8-9-26-16)29-17-7-6-14(11-15(17)24)27(22(25)30)20(28)10-13-4-2-1-3-5-13/h1-9,11-12H,10H2,(H2,25,30). The second-order valence-electron chi connectivity index (χ2n) is 6.52. The molecule has 156 valence electrons. The number of carbonyl (C=O) groups excluding carboxylic acids is 1. The van der Waals surface area contributed by atoms with Crippen molar-refractivity contribution in [1.29, 1.82) is 0 Å². The number of aromatic nitrogens is 1. The molecule has 2 N–H and O–H groups in total. The molecule has 0 aliphatic heterocycles.